The molecule has 1 fully saturated rings. The van der Waals surface area contributed by atoms with Crippen LogP contribution in [0.4, 0.5) is 10.2 Å². The summed E-state index contributed by atoms with van der Waals surface area (Å²) in [7, 11) is 1.57. The number of anilines is 1. The Morgan fingerprint density at radius 1 is 1.36 bits per heavy atom. The number of ether oxygens (including phenoxy) is 1. The molecule has 7 heteroatoms. The Labute approximate surface area is 144 Å². The van der Waals surface area contributed by atoms with Gasteiger partial charge in [-0.25, -0.2) is 9.37 Å². The maximum atomic E-state index is 13.6. The number of pyridine rings is 1. The molecular weight excluding hydrogens is 325 g/mol. The number of morpholine rings is 1. The third kappa shape index (κ3) is 3.66. The van der Waals surface area contributed by atoms with Crippen molar-refractivity contribution in [1.29, 1.82) is 0 Å². The van der Waals surface area contributed by atoms with Gasteiger partial charge in [-0.1, -0.05) is 18.2 Å². The normalized spacial score (nSPS) is 20.4. The van der Waals surface area contributed by atoms with Crippen molar-refractivity contribution in [3.05, 3.63) is 59.5 Å². The second-order valence-electron chi connectivity index (χ2n) is 5.95. The number of carbonyl (C=O) groups excluding carboxylic acids is 2. The Kier molecular flexibility index (Phi) is 4.76. The average molecular weight is 343 g/mol. The van der Waals surface area contributed by atoms with Crippen molar-refractivity contribution in [1.82, 2.24) is 9.88 Å². The van der Waals surface area contributed by atoms with Crippen molar-refractivity contribution in [2.24, 2.45) is 0 Å². The molecule has 3 rings (SSSR count). The van der Waals surface area contributed by atoms with Gasteiger partial charge in [-0.3, -0.25) is 9.59 Å². The van der Waals surface area contributed by atoms with E-state index in [1.165, 1.54) is 23.1 Å². The monoisotopic (exact) mass is 343 g/mol. The molecule has 2 heterocycles. The van der Waals surface area contributed by atoms with Crippen molar-refractivity contribution < 1.29 is 18.7 Å². The molecule has 0 saturated carbocycles. The van der Waals surface area contributed by atoms with E-state index in [1.54, 1.807) is 25.4 Å². The zero-order valence-electron chi connectivity index (χ0n) is 13.9. The molecule has 130 valence electrons. The van der Waals surface area contributed by atoms with Crippen molar-refractivity contribution >= 4 is 17.6 Å². The van der Waals surface area contributed by atoms with Gasteiger partial charge in [0.25, 0.3) is 5.91 Å². The Bertz CT molecular complexity index is 794. The predicted octanol–water partition coefficient (Wildman–Crippen LogP) is 2.07. The van der Waals surface area contributed by atoms with Crippen LogP contribution in [0, 0.1) is 12.7 Å². The molecule has 2 atom stereocenters. The van der Waals surface area contributed by atoms with Gasteiger partial charge in [0.2, 0.25) is 5.91 Å². The zero-order valence-corrected chi connectivity index (χ0v) is 13.9. The lowest BCUT2D eigenvalue weighted by Gasteiger charge is -2.38. The van der Waals surface area contributed by atoms with Crippen molar-refractivity contribution in [2.45, 2.75) is 19.1 Å². The summed E-state index contributed by atoms with van der Waals surface area (Å²) in [5, 5.41) is 2.68. The second kappa shape index (κ2) is 6.98. The predicted molar refractivity (Wildman–Crippen MR) is 89.3 cm³/mol. The highest BCUT2D eigenvalue weighted by Gasteiger charge is 2.40. The molecular formula is C18H18FN3O3. The molecule has 1 aromatic heterocycles. The summed E-state index contributed by atoms with van der Waals surface area (Å²) >= 11 is 0. The number of carbonyl (C=O) groups is 2. The van der Waals surface area contributed by atoms with Crippen LogP contribution < -0.4 is 5.32 Å². The fourth-order valence-corrected chi connectivity index (χ4v) is 2.76. The summed E-state index contributed by atoms with van der Waals surface area (Å²) in [6.07, 6.45) is 0.671. The van der Waals surface area contributed by atoms with E-state index in [9.17, 15) is 14.0 Å². The number of aryl methyl sites for hydroxylation is 1. The number of hydrogen-bond donors (Lipinski definition) is 1. The van der Waals surface area contributed by atoms with E-state index in [2.05, 4.69) is 10.3 Å². The van der Waals surface area contributed by atoms with Crippen LogP contribution in [0.2, 0.25) is 0 Å². The molecule has 0 radical (unpaired) electrons. The summed E-state index contributed by atoms with van der Waals surface area (Å²) < 4.78 is 19.1. The van der Waals surface area contributed by atoms with Gasteiger partial charge in [-0.15, -0.1) is 0 Å². The first-order chi connectivity index (χ1) is 12.0. The minimum absolute atomic E-state index is 0.207. The SMILES string of the molecule is Cc1ccc(NC(=O)[C@@H]2OCC(=O)N(C)[C@H]2c2cccc(F)c2)nc1. The van der Waals surface area contributed by atoms with Crippen LogP contribution in [-0.4, -0.2) is 41.5 Å². The van der Waals surface area contributed by atoms with Gasteiger partial charge in [-0.05, 0) is 36.2 Å². The molecule has 6 nitrogen and oxygen atoms in total. The number of hydrogen-bond acceptors (Lipinski definition) is 4. The van der Waals surface area contributed by atoms with Gasteiger partial charge in [0.1, 0.15) is 18.2 Å². The minimum atomic E-state index is -0.965. The summed E-state index contributed by atoms with van der Waals surface area (Å²) in [4.78, 5) is 30.2. The van der Waals surface area contributed by atoms with Crippen LogP contribution in [0.1, 0.15) is 17.2 Å². The number of aromatic nitrogens is 1. The number of benzene rings is 1. The molecule has 1 N–H and O–H groups in total. The topological polar surface area (TPSA) is 71.5 Å². The molecule has 2 amide bonds. The number of nitrogens with zero attached hydrogens (tertiary/aromatic N) is 2. The second-order valence-corrected chi connectivity index (χ2v) is 5.95. The Hall–Kier alpha value is -2.80. The van der Waals surface area contributed by atoms with E-state index in [0.29, 0.717) is 11.4 Å². The lowest BCUT2D eigenvalue weighted by molar-refractivity contribution is -0.160. The standard InChI is InChI=1S/C18H18FN3O3/c1-11-6-7-14(20-9-11)21-18(24)17-16(22(2)15(23)10-25-17)12-4-3-5-13(19)8-12/h3-9,16-17H,10H2,1-2H3,(H,20,21,24)/t16-,17+/m0/s1. The van der Waals surface area contributed by atoms with Crippen LogP contribution in [0.5, 0.6) is 0 Å². The van der Waals surface area contributed by atoms with Gasteiger partial charge >= 0.3 is 0 Å². The van der Waals surface area contributed by atoms with E-state index in [4.69, 9.17) is 4.74 Å². The van der Waals surface area contributed by atoms with E-state index >= 15 is 0 Å². The van der Waals surface area contributed by atoms with Gasteiger partial charge in [-0.2, -0.15) is 0 Å². The van der Waals surface area contributed by atoms with Crippen molar-refractivity contribution in [3.63, 3.8) is 0 Å². The van der Waals surface area contributed by atoms with E-state index < -0.39 is 23.9 Å². The van der Waals surface area contributed by atoms with E-state index in [0.717, 1.165) is 5.56 Å². The molecule has 0 unspecified atom stereocenters. The average Bonchev–Trinajstić information content (AvgIpc) is 2.59. The Morgan fingerprint density at radius 3 is 2.84 bits per heavy atom. The zero-order chi connectivity index (χ0) is 18.0. The molecule has 0 aliphatic carbocycles. The molecule has 1 saturated heterocycles. The number of rotatable bonds is 3. The van der Waals surface area contributed by atoms with Crippen LogP contribution in [0.3, 0.4) is 0 Å². The number of likely N-dealkylation sites (N-methyl/N-ethyl adjacent to an activating group) is 1. The lowest BCUT2D eigenvalue weighted by atomic mass is 9.97. The summed E-state index contributed by atoms with van der Waals surface area (Å²) in [5.41, 5.74) is 1.46. The van der Waals surface area contributed by atoms with Crippen LogP contribution in [-0.2, 0) is 14.3 Å². The molecule has 1 aromatic carbocycles. The number of halogens is 1. The van der Waals surface area contributed by atoms with Crippen LogP contribution in [0.25, 0.3) is 0 Å². The Morgan fingerprint density at radius 2 is 2.16 bits per heavy atom. The van der Waals surface area contributed by atoms with Gasteiger partial charge < -0.3 is 15.0 Å². The van der Waals surface area contributed by atoms with E-state index in [1.807, 2.05) is 13.0 Å². The highest BCUT2D eigenvalue weighted by molar-refractivity contribution is 5.95. The van der Waals surface area contributed by atoms with Gasteiger partial charge in [0.15, 0.2) is 6.10 Å². The minimum Gasteiger partial charge on any atom is -0.356 e. The molecule has 25 heavy (non-hydrogen) atoms. The fourth-order valence-electron chi connectivity index (χ4n) is 2.76. The van der Waals surface area contributed by atoms with Gasteiger partial charge in [0, 0.05) is 13.2 Å². The van der Waals surface area contributed by atoms with Crippen molar-refractivity contribution in [2.75, 3.05) is 19.0 Å². The number of nitrogens with one attached hydrogen (secondary N) is 1. The maximum absolute atomic E-state index is 13.6. The molecule has 0 bridgehead atoms. The quantitative estimate of drug-likeness (QED) is 0.926. The van der Waals surface area contributed by atoms with Crippen LogP contribution >= 0.6 is 0 Å². The third-order valence-corrected chi connectivity index (χ3v) is 4.10. The molecule has 2 aromatic rings. The highest BCUT2D eigenvalue weighted by atomic mass is 19.1. The first kappa shape index (κ1) is 17.0. The van der Waals surface area contributed by atoms with E-state index in [-0.39, 0.29) is 12.5 Å². The van der Waals surface area contributed by atoms with Crippen LogP contribution in [0.15, 0.2) is 42.6 Å². The summed E-state index contributed by atoms with van der Waals surface area (Å²) in [5.74, 6) is -0.767. The first-order valence-electron chi connectivity index (χ1n) is 7.82. The largest absolute Gasteiger partial charge is 0.356 e. The molecule has 1 aliphatic rings. The number of amides is 2. The molecule has 1 aliphatic heterocycles. The smallest absolute Gasteiger partial charge is 0.257 e. The van der Waals surface area contributed by atoms with Gasteiger partial charge in [0.05, 0.1) is 6.04 Å². The fraction of sp³-hybridized carbons (Fsp3) is 0.278. The summed E-state index contributed by atoms with van der Waals surface area (Å²) in [6.45, 7) is 1.69. The first-order valence-corrected chi connectivity index (χ1v) is 7.82. The molecule has 0 spiro atoms. The summed E-state index contributed by atoms with van der Waals surface area (Å²) in [6, 6.07) is 8.59. The van der Waals surface area contributed by atoms with Crippen molar-refractivity contribution in [3.8, 4) is 0 Å². The maximum Gasteiger partial charge on any atom is 0.257 e. The highest BCUT2D eigenvalue weighted by Crippen LogP contribution is 2.30. The third-order valence-electron chi connectivity index (χ3n) is 4.10. The lowest BCUT2D eigenvalue weighted by Crippen LogP contribution is -2.51. The Balaban J connectivity index is 1.87.